The van der Waals surface area contributed by atoms with Crippen LogP contribution in [-0.4, -0.2) is 33.6 Å². The molecule has 160 valence electrons. The minimum absolute atomic E-state index is 0.0844. The highest BCUT2D eigenvalue weighted by Gasteiger charge is 2.47. The van der Waals surface area contributed by atoms with Gasteiger partial charge in [-0.3, -0.25) is 0 Å². The molecule has 1 aliphatic heterocycles. The molecule has 3 aliphatic rings. The Morgan fingerprint density at radius 1 is 1.00 bits per heavy atom. The van der Waals surface area contributed by atoms with Crippen LogP contribution in [0.1, 0.15) is 62.5 Å². The molecule has 1 saturated heterocycles. The fraction of sp³-hybridized carbons (Fsp3) is 0.556. The van der Waals surface area contributed by atoms with Gasteiger partial charge in [-0.2, -0.15) is 0 Å². The fourth-order valence-corrected chi connectivity index (χ4v) is 6.32. The van der Waals surface area contributed by atoms with Gasteiger partial charge in [0.2, 0.25) is 0 Å². The molecule has 5 rings (SSSR count). The SMILES string of the molecule is [2H]c1ccc2c(c1)CCC1(CCC1)C2c1ccc(N2CCC(C(OC)OC)CC2)cc1. The average Bonchev–Trinajstić information content (AvgIpc) is 2.78. The van der Waals surface area contributed by atoms with Crippen molar-refractivity contribution in [2.45, 2.75) is 57.2 Å². The molecule has 1 heterocycles. The number of nitrogens with zero attached hydrogens (tertiary/aromatic N) is 1. The summed E-state index contributed by atoms with van der Waals surface area (Å²) in [5.41, 5.74) is 6.09. The summed E-state index contributed by atoms with van der Waals surface area (Å²) >= 11 is 0. The summed E-state index contributed by atoms with van der Waals surface area (Å²) in [6.45, 7) is 2.10. The number of anilines is 1. The van der Waals surface area contributed by atoms with Crippen molar-refractivity contribution in [3.63, 3.8) is 0 Å². The van der Waals surface area contributed by atoms with Crippen LogP contribution in [0.15, 0.2) is 48.5 Å². The van der Waals surface area contributed by atoms with E-state index in [-0.39, 0.29) is 6.29 Å². The number of fused-ring (bicyclic) bond motifs is 1. The van der Waals surface area contributed by atoms with Gasteiger partial charge in [0, 0.05) is 44.8 Å². The molecule has 0 amide bonds. The minimum atomic E-state index is -0.0844. The molecule has 3 nitrogen and oxygen atoms in total. The second-order valence-corrected chi connectivity index (χ2v) is 9.53. The molecule has 2 fully saturated rings. The lowest BCUT2D eigenvalue weighted by Gasteiger charge is -2.52. The third-order valence-electron chi connectivity index (χ3n) is 8.13. The number of aryl methyl sites for hydroxylation is 1. The lowest BCUT2D eigenvalue weighted by molar-refractivity contribution is -0.141. The van der Waals surface area contributed by atoms with Crippen molar-refractivity contribution >= 4 is 5.69 Å². The molecule has 2 aliphatic carbocycles. The van der Waals surface area contributed by atoms with Crippen LogP contribution in [-0.2, 0) is 15.9 Å². The molecular formula is C27H35NO2. The van der Waals surface area contributed by atoms with E-state index in [0.717, 1.165) is 32.4 Å². The zero-order chi connectivity index (χ0) is 21.4. The maximum absolute atomic E-state index is 8.05. The Labute approximate surface area is 182 Å². The Morgan fingerprint density at radius 3 is 2.37 bits per heavy atom. The summed E-state index contributed by atoms with van der Waals surface area (Å²) in [5, 5.41) is 0. The first kappa shape index (κ1) is 18.9. The molecule has 1 saturated carbocycles. The number of ether oxygens (including phenoxy) is 2. The standard InChI is InChI=1S/C27H35NO2/c1-29-26(30-2)22-13-18-28(19-14-22)23-10-8-21(9-11-23)25-24-7-4-3-6-20(24)12-17-27(25)15-5-16-27/h3-4,6-11,22,25-26H,5,12-19H2,1-2H3/i3D. The van der Waals surface area contributed by atoms with Crippen LogP contribution < -0.4 is 4.90 Å². The topological polar surface area (TPSA) is 21.7 Å². The Kier molecular flexibility index (Phi) is 5.26. The maximum atomic E-state index is 8.05. The molecule has 1 atom stereocenters. The van der Waals surface area contributed by atoms with Gasteiger partial charge in [-0.15, -0.1) is 0 Å². The van der Waals surface area contributed by atoms with E-state index in [4.69, 9.17) is 10.8 Å². The molecule has 0 aromatic heterocycles. The lowest BCUT2D eigenvalue weighted by Crippen LogP contribution is -2.40. The largest absolute Gasteiger partial charge is 0.372 e. The highest BCUT2D eigenvalue weighted by molar-refractivity contribution is 5.51. The zero-order valence-corrected chi connectivity index (χ0v) is 18.4. The number of hydrogen-bond acceptors (Lipinski definition) is 3. The molecule has 0 bridgehead atoms. The van der Waals surface area contributed by atoms with E-state index in [1.807, 2.05) is 6.07 Å². The predicted molar refractivity (Wildman–Crippen MR) is 122 cm³/mol. The quantitative estimate of drug-likeness (QED) is 0.588. The predicted octanol–water partition coefficient (Wildman–Crippen LogP) is 5.77. The normalized spacial score (nSPS) is 23.9. The second-order valence-electron chi connectivity index (χ2n) is 9.53. The van der Waals surface area contributed by atoms with Crippen LogP contribution in [0.3, 0.4) is 0 Å². The van der Waals surface area contributed by atoms with E-state index in [1.165, 1.54) is 48.1 Å². The molecule has 0 radical (unpaired) electrons. The Morgan fingerprint density at radius 2 is 1.73 bits per heavy atom. The first-order valence-electron chi connectivity index (χ1n) is 12.1. The van der Waals surface area contributed by atoms with E-state index in [2.05, 4.69) is 41.3 Å². The van der Waals surface area contributed by atoms with Crippen molar-refractivity contribution in [3.05, 3.63) is 65.2 Å². The van der Waals surface area contributed by atoms with Gasteiger partial charge in [0.15, 0.2) is 6.29 Å². The average molecular weight is 407 g/mol. The van der Waals surface area contributed by atoms with Crippen molar-refractivity contribution in [1.29, 1.82) is 0 Å². The summed E-state index contributed by atoms with van der Waals surface area (Å²) in [4.78, 5) is 2.50. The molecule has 2 aromatic carbocycles. The molecule has 0 N–H and O–H groups in total. The summed E-state index contributed by atoms with van der Waals surface area (Å²) in [6.07, 6.45) is 8.56. The van der Waals surface area contributed by atoms with Gasteiger partial charge < -0.3 is 14.4 Å². The van der Waals surface area contributed by atoms with E-state index in [0.29, 0.717) is 23.3 Å². The first-order chi connectivity index (χ1) is 15.1. The molecule has 3 heteroatoms. The van der Waals surface area contributed by atoms with Gasteiger partial charge in [0.25, 0.3) is 0 Å². The van der Waals surface area contributed by atoms with Crippen molar-refractivity contribution in [2.24, 2.45) is 11.3 Å². The first-order valence-corrected chi connectivity index (χ1v) is 11.6. The van der Waals surface area contributed by atoms with Gasteiger partial charge in [-0.1, -0.05) is 42.8 Å². The summed E-state index contributed by atoms with van der Waals surface area (Å²) in [6, 6.07) is 16.4. The molecule has 30 heavy (non-hydrogen) atoms. The maximum Gasteiger partial charge on any atom is 0.159 e. The van der Waals surface area contributed by atoms with Crippen molar-refractivity contribution in [1.82, 2.24) is 0 Å². The van der Waals surface area contributed by atoms with Crippen LogP contribution in [0.4, 0.5) is 5.69 Å². The van der Waals surface area contributed by atoms with Gasteiger partial charge in [0.05, 0.1) is 1.37 Å². The van der Waals surface area contributed by atoms with Gasteiger partial charge >= 0.3 is 0 Å². The van der Waals surface area contributed by atoms with Crippen molar-refractivity contribution in [3.8, 4) is 0 Å². The Bertz CT molecular complexity index is 896. The summed E-state index contributed by atoms with van der Waals surface area (Å²) < 4.78 is 19.0. The minimum Gasteiger partial charge on any atom is -0.372 e. The third-order valence-corrected chi connectivity index (χ3v) is 8.13. The van der Waals surface area contributed by atoms with Crippen molar-refractivity contribution in [2.75, 3.05) is 32.2 Å². The van der Waals surface area contributed by atoms with Crippen molar-refractivity contribution < 1.29 is 10.8 Å². The summed E-state index contributed by atoms with van der Waals surface area (Å²) in [7, 11) is 3.48. The molecule has 2 aromatic rings. The smallest absolute Gasteiger partial charge is 0.159 e. The van der Waals surface area contributed by atoms with E-state index in [9.17, 15) is 0 Å². The van der Waals surface area contributed by atoms with E-state index >= 15 is 0 Å². The second kappa shape index (κ2) is 8.36. The summed E-state index contributed by atoms with van der Waals surface area (Å²) in [5.74, 6) is 0.958. The third kappa shape index (κ3) is 3.46. The van der Waals surface area contributed by atoms with Crippen LogP contribution >= 0.6 is 0 Å². The lowest BCUT2D eigenvalue weighted by atomic mass is 9.52. The monoisotopic (exact) mass is 406 g/mol. The van der Waals surface area contributed by atoms with Crippen LogP contribution in [0.25, 0.3) is 0 Å². The number of rotatable bonds is 5. The molecule has 1 unspecified atom stereocenters. The van der Waals surface area contributed by atoms with Crippen LogP contribution in [0.5, 0.6) is 0 Å². The fourth-order valence-electron chi connectivity index (χ4n) is 6.32. The van der Waals surface area contributed by atoms with E-state index < -0.39 is 0 Å². The number of methoxy groups -OCH3 is 2. The highest BCUT2D eigenvalue weighted by atomic mass is 16.7. The van der Waals surface area contributed by atoms with Crippen LogP contribution in [0.2, 0.25) is 0 Å². The van der Waals surface area contributed by atoms with E-state index in [1.54, 1.807) is 14.2 Å². The van der Waals surface area contributed by atoms with Gasteiger partial charge in [0.1, 0.15) is 0 Å². The Balaban J connectivity index is 1.35. The number of hydrogen-bond donors (Lipinski definition) is 0. The van der Waals surface area contributed by atoms with Gasteiger partial charge in [-0.25, -0.2) is 0 Å². The number of piperidine rings is 1. The van der Waals surface area contributed by atoms with Gasteiger partial charge in [-0.05, 0) is 72.8 Å². The molecule has 1 spiro atoms. The molecular weight excluding hydrogens is 370 g/mol. The number of benzene rings is 2. The van der Waals surface area contributed by atoms with Crippen LogP contribution in [0, 0.1) is 11.3 Å². The Hall–Kier alpha value is -1.84. The zero-order valence-electron chi connectivity index (χ0n) is 19.4. The highest BCUT2D eigenvalue weighted by Crippen LogP contribution is 2.59.